The van der Waals surface area contributed by atoms with Gasteiger partial charge in [-0.05, 0) is 48.4 Å². The zero-order valence-electron chi connectivity index (χ0n) is 16.9. The Hall–Kier alpha value is -3.71. The summed E-state index contributed by atoms with van der Waals surface area (Å²) in [5, 5.41) is 0.658. The van der Waals surface area contributed by atoms with Gasteiger partial charge in [-0.2, -0.15) is 0 Å². The van der Waals surface area contributed by atoms with Gasteiger partial charge in [0.2, 0.25) is 0 Å². The van der Waals surface area contributed by atoms with E-state index in [-0.39, 0.29) is 5.91 Å². The van der Waals surface area contributed by atoms with E-state index < -0.39 is 0 Å². The molecule has 0 aliphatic carbocycles. The van der Waals surface area contributed by atoms with Crippen molar-refractivity contribution in [2.75, 3.05) is 4.90 Å². The highest BCUT2D eigenvalue weighted by Gasteiger charge is 2.23. The number of carbonyl (C=O) groups is 1. The zero-order valence-corrected chi connectivity index (χ0v) is 17.7. The predicted molar refractivity (Wildman–Crippen MR) is 123 cm³/mol. The van der Waals surface area contributed by atoms with E-state index in [9.17, 15) is 4.79 Å². The number of anilines is 1. The molecule has 3 aromatic heterocycles. The lowest BCUT2D eigenvalue weighted by Crippen LogP contribution is -2.30. The largest absolute Gasteiger partial charge is 0.278 e. The van der Waals surface area contributed by atoms with Crippen LogP contribution < -0.4 is 4.90 Å². The number of carbonyl (C=O) groups excluding carboxylic acids is 1. The second-order valence-electron chi connectivity index (χ2n) is 7.09. The maximum atomic E-state index is 13.6. The molecule has 31 heavy (non-hydrogen) atoms. The normalized spacial score (nSPS) is 11.1. The van der Waals surface area contributed by atoms with Crippen molar-refractivity contribution in [2.45, 2.75) is 19.9 Å². The van der Waals surface area contributed by atoms with Crippen LogP contribution in [0.25, 0.3) is 21.3 Å². The molecule has 5 aromatic rings. The van der Waals surface area contributed by atoms with E-state index in [0.29, 0.717) is 22.8 Å². The molecule has 0 fully saturated rings. The maximum absolute atomic E-state index is 13.6. The van der Waals surface area contributed by atoms with E-state index in [1.54, 1.807) is 35.6 Å². The second kappa shape index (κ2) is 8.20. The first kappa shape index (κ1) is 19.3. The summed E-state index contributed by atoms with van der Waals surface area (Å²) in [6, 6.07) is 17.3. The smallest absolute Gasteiger partial charge is 0.260 e. The number of benzene rings is 2. The van der Waals surface area contributed by atoms with Gasteiger partial charge < -0.3 is 0 Å². The Kier molecular flexibility index (Phi) is 5.09. The highest BCUT2D eigenvalue weighted by molar-refractivity contribution is 7.22. The Morgan fingerprint density at radius 1 is 0.935 bits per heavy atom. The average Bonchev–Trinajstić information content (AvgIpc) is 3.26. The summed E-state index contributed by atoms with van der Waals surface area (Å²) in [5.74, 6) is -0.143. The van der Waals surface area contributed by atoms with Crippen LogP contribution in [0.2, 0.25) is 0 Å². The number of rotatable bonds is 5. The first-order valence-corrected chi connectivity index (χ1v) is 10.9. The molecule has 0 unspecified atom stereocenters. The lowest BCUT2D eigenvalue weighted by atomic mass is 10.1. The van der Waals surface area contributed by atoms with E-state index in [0.717, 1.165) is 27.8 Å². The fourth-order valence-corrected chi connectivity index (χ4v) is 4.54. The zero-order chi connectivity index (χ0) is 21.2. The minimum atomic E-state index is -0.143. The third kappa shape index (κ3) is 3.75. The number of nitrogens with zero attached hydrogens (tertiary/aromatic N) is 5. The van der Waals surface area contributed by atoms with Crippen LogP contribution in [-0.4, -0.2) is 25.8 Å². The van der Waals surface area contributed by atoms with Gasteiger partial charge in [0.25, 0.3) is 5.91 Å². The molecule has 0 radical (unpaired) electrons. The van der Waals surface area contributed by atoms with Crippen molar-refractivity contribution in [3.8, 4) is 0 Å². The molecule has 5 rings (SSSR count). The quantitative estimate of drug-likeness (QED) is 0.394. The molecule has 0 saturated carbocycles. The van der Waals surface area contributed by atoms with Crippen molar-refractivity contribution < 1.29 is 4.79 Å². The summed E-state index contributed by atoms with van der Waals surface area (Å²) in [7, 11) is 0. The number of pyridine rings is 1. The van der Waals surface area contributed by atoms with Crippen molar-refractivity contribution in [1.82, 2.24) is 19.9 Å². The number of thiazole rings is 1. The highest BCUT2D eigenvalue weighted by Crippen LogP contribution is 2.32. The van der Waals surface area contributed by atoms with Gasteiger partial charge in [-0.1, -0.05) is 36.5 Å². The van der Waals surface area contributed by atoms with E-state index in [1.807, 2.05) is 36.4 Å². The maximum Gasteiger partial charge on any atom is 0.260 e. The molecule has 7 heteroatoms. The summed E-state index contributed by atoms with van der Waals surface area (Å²) < 4.78 is 1.07. The summed E-state index contributed by atoms with van der Waals surface area (Å²) in [5.41, 5.74) is 4.90. The first-order chi connectivity index (χ1) is 15.2. The van der Waals surface area contributed by atoms with Crippen molar-refractivity contribution in [1.29, 1.82) is 0 Å². The van der Waals surface area contributed by atoms with Crippen LogP contribution in [0.15, 0.2) is 73.2 Å². The monoisotopic (exact) mass is 425 g/mol. The molecule has 2 aromatic carbocycles. The van der Waals surface area contributed by atoms with Crippen LogP contribution in [0.3, 0.4) is 0 Å². The number of aromatic nitrogens is 4. The average molecular weight is 426 g/mol. The topological polar surface area (TPSA) is 71.9 Å². The third-order valence-electron chi connectivity index (χ3n) is 5.11. The molecule has 0 saturated heterocycles. The number of hydrogen-bond acceptors (Lipinski definition) is 6. The van der Waals surface area contributed by atoms with Gasteiger partial charge in [-0.15, -0.1) is 0 Å². The van der Waals surface area contributed by atoms with Gasteiger partial charge in [0, 0.05) is 24.2 Å². The van der Waals surface area contributed by atoms with E-state index in [2.05, 4.69) is 27.9 Å². The van der Waals surface area contributed by atoms with E-state index in [4.69, 9.17) is 4.98 Å². The fourth-order valence-electron chi connectivity index (χ4n) is 3.53. The number of fused-ring (bicyclic) bond motifs is 2. The SMILES string of the molecule is CCc1cccc2sc(N(Cc3ccccn3)C(=O)c3ccc4nccnc4c3)nc12. The first-order valence-electron chi connectivity index (χ1n) is 10.0. The third-order valence-corrected chi connectivity index (χ3v) is 6.15. The predicted octanol–water partition coefficient (Wildman–Crippen LogP) is 5.04. The van der Waals surface area contributed by atoms with Crippen LogP contribution in [0, 0.1) is 0 Å². The molecule has 152 valence electrons. The Morgan fingerprint density at radius 3 is 2.61 bits per heavy atom. The molecule has 0 aliphatic rings. The van der Waals surface area contributed by atoms with Crippen molar-refractivity contribution in [3.05, 3.63) is 90.0 Å². The minimum Gasteiger partial charge on any atom is -0.278 e. The van der Waals surface area contributed by atoms with Crippen LogP contribution in [0.5, 0.6) is 0 Å². The Labute approximate surface area is 183 Å². The Balaban J connectivity index is 1.60. The van der Waals surface area contributed by atoms with Crippen LogP contribution in [-0.2, 0) is 13.0 Å². The Bertz CT molecular complexity index is 1380. The van der Waals surface area contributed by atoms with E-state index in [1.165, 1.54) is 16.9 Å². The molecule has 6 nitrogen and oxygen atoms in total. The van der Waals surface area contributed by atoms with Gasteiger partial charge in [0.05, 0.1) is 33.5 Å². The van der Waals surface area contributed by atoms with Gasteiger partial charge >= 0.3 is 0 Å². The standard InChI is InChI=1S/C24H19N5OS/c1-2-16-6-5-8-21-22(16)28-24(31-21)29(15-18-7-3-4-11-25-18)23(30)17-9-10-19-20(14-17)27-13-12-26-19/h3-14H,2,15H2,1H3. The van der Waals surface area contributed by atoms with Gasteiger partial charge in [0.15, 0.2) is 5.13 Å². The summed E-state index contributed by atoms with van der Waals surface area (Å²) in [4.78, 5) is 33.2. The van der Waals surface area contributed by atoms with Crippen LogP contribution in [0.4, 0.5) is 5.13 Å². The minimum absolute atomic E-state index is 0.143. The molecule has 0 bridgehead atoms. The van der Waals surface area contributed by atoms with Crippen molar-refractivity contribution in [2.24, 2.45) is 0 Å². The fraction of sp³-hybridized carbons (Fsp3) is 0.125. The molecule has 1 amide bonds. The number of hydrogen-bond donors (Lipinski definition) is 0. The molecule has 3 heterocycles. The van der Waals surface area contributed by atoms with Crippen molar-refractivity contribution >= 4 is 43.6 Å². The summed E-state index contributed by atoms with van der Waals surface area (Å²) in [6.07, 6.45) is 5.89. The summed E-state index contributed by atoms with van der Waals surface area (Å²) >= 11 is 1.52. The Morgan fingerprint density at radius 2 is 1.81 bits per heavy atom. The van der Waals surface area contributed by atoms with Crippen LogP contribution in [0.1, 0.15) is 28.5 Å². The summed E-state index contributed by atoms with van der Waals surface area (Å²) in [6.45, 7) is 2.44. The molecule has 0 atom stereocenters. The highest BCUT2D eigenvalue weighted by atomic mass is 32.1. The number of para-hydroxylation sites is 1. The molecular formula is C24H19N5OS. The number of aryl methyl sites for hydroxylation is 1. The second-order valence-corrected chi connectivity index (χ2v) is 8.10. The molecule has 0 N–H and O–H groups in total. The lowest BCUT2D eigenvalue weighted by Gasteiger charge is -2.19. The van der Waals surface area contributed by atoms with Crippen LogP contribution >= 0.6 is 11.3 Å². The molecule has 0 aliphatic heterocycles. The molecular weight excluding hydrogens is 406 g/mol. The van der Waals surface area contributed by atoms with E-state index >= 15 is 0 Å². The van der Waals surface area contributed by atoms with Gasteiger partial charge in [0.1, 0.15) is 0 Å². The lowest BCUT2D eigenvalue weighted by molar-refractivity contribution is 0.0985. The van der Waals surface area contributed by atoms with Crippen molar-refractivity contribution in [3.63, 3.8) is 0 Å². The van der Waals surface area contributed by atoms with Gasteiger partial charge in [-0.3, -0.25) is 24.6 Å². The van der Waals surface area contributed by atoms with Gasteiger partial charge in [-0.25, -0.2) is 4.98 Å². The molecule has 0 spiro atoms. The number of amides is 1.